The van der Waals surface area contributed by atoms with Crippen molar-refractivity contribution in [2.24, 2.45) is 0 Å². The van der Waals surface area contributed by atoms with Crippen molar-refractivity contribution in [1.29, 1.82) is 0 Å². The Balaban J connectivity index is 2.33. The van der Waals surface area contributed by atoms with Crippen LogP contribution in [-0.4, -0.2) is 8.42 Å². The summed E-state index contributed by atoms with van der Waals surface area (Å²) in [6.45, 7) is 7.84. The van der Waals surface area contributed by atoms with Crippen LogP contribution in [-0.2, 0) is 10.1 Å². The summed E-state index contributed by atoms with van der Waals surface area (Å²) < 4.78 is 30.9. The maximum absolute atomic E-state index is 12.5. The molecule has 0 saturated heterocycles. The molecule has 0 amide bonds. The lowest BCUT2D eigenvalue weighted by Crippen LogP contribution is -2.11. The molecule has 0 spiro atoms. The maximum atomic E-state index is 12.5. The zero-order chi connectivity index (χ0) is 16.5. The van der Waals surface area contributed by atoms with Gasteiger partial charge >= 0.3 is 10.1 Å². The van der Waals surface area contributed by atoms with Gasteiger partial charge in [-0.2, -0.15) is 8.42 Å². The second-order valence-electron chi connectivity index (χ2n) is 5.63. The zero-order valence-electron chi connectivity index (χ0n) is 13.1. The molecular formula is C17H19BrO3S. The molecule has 0 heterocycles. The van der Waals surface area contributed by atoms with E-state index in [1.54, 1.807) is 25.1 Å². The van der Waals surface area contributed by atoms with E-state index in [2.05, 4.69) is 29.8 Å². The average Bonchev–Trinajstić information content (AvgIpc) is 2.42. The molecule has 0 aromatic heterocycles. The van der Waals surface area contributed by atoms with E-state index in [-0.39, 0.29) is 4.90 Å². The first-order valence-corrected chi connectivity index (χ1v) is 9.22. The molecule has 0 atom stereocenters. The Kier molecular flexibility index (Phi) is 4.97. The van der Waals surface area contributed by atoms with E-state index in [1.807, 2.05) is 25.1 Å². The average molecular weight is 383 g/mol. The van der Waals surface area contributed by atoms with Crippen molar-refractivity contribution >= 4 is 26.0 Å². The Morgan fingerprint density at radius 2 is 1.59 bits per heavy atom. The summed E-state index contributed by atoms with van der Waals surface area (Å²) in [6, 6.07) is 10.5. The summed E-state index contributed by atoms with van der Waals surface area (Å²) in [5, 5.41) is 0. The monoisotopic (exact) mass is 382 g/mol. The van der Waals surface area contributed by atoms with E-state index in [1.165, 1.54) is 0 Å². The van der Waals surface area contributed by atoms with Gasteiger partial charge in [-0.3, -0.25) is 0 Å². The number of hydrogen-bond donors (Lipinski definition) is 0. The Morgan fingerprint density at radius 3 is 2.14 bits per heavy atom. The minimum absolute atomic E-state index is 0.179. The summed E-state index contributed by atoms with van der Waals surface area (Å²) in [5.41, 5.74) is 2.79. The largest absolute Gasteiger partial charge is 0.379 e. The van der Waals surface area contributed by atoms with Crippen molar-refractivity contribution in [1.82, 2.24) is 0 Å². The molecule has 2 aromatic rings. The second-order valence-corrected chi connectivity index (χ2v) is 8.00. The van der Waals surface area contributed by atoms with Crippen molar-refractivity contribution in [2.45, 2.75) is 38.5 Å². The molecule has 2 rings (SSSR count). The third-order valence-electron chi connectivity index (χ3n) is 3.48. The molecule has 0 aliphatic carbocycles. The molecule has 0 aliphatic rings. The SMILES string of the molecule is Cc1cc(C)c(S(=O)(=O)Oc2ccc(C(C)C)cc2)cc1Br. The predicted molar refractivity (Wildman–Crippen MR) is 92.0 cm³/mol. The third-order valence-corrected chi connectivity index (χ3v) is 5.72. The smallest absolute Gasteiger partial charge is 0.339 e. The Labute approximate surface area is 140 Å². The highest BCUT2D eigenvalue weighted by molar-refractivity contribution is 9.10. The van der Waals surface area contributed by atoms with Gasteiger partial charge in [0.05, 0.1) is 0 Å². The standard InChI is InChI=1S/C17H19BrO3S/c1-11(2)14-5-7-15(8-6-14)21-22(19,20)17-10-16(18)12(3)9-13(17)4/h5-11H,1-4H3. The van der Waals surface area contributed by atoms with Crippen LogP contribution in [0.3, 0.4) is 0 Å². The third kappa shape index (κ3) is 3.70. The van der Waals surface area contributed by atoms with Crippen LogP contribution < -0.4 is 4.18 Å². The van der Waals surface area contributed by atoms with Gasteiger partial charge < -0.3 is 4.18 Å². The minimum Gasteiger partial charge on any atom is -0.379 e. The van der Waals surface area contributed by atoms with Crippen LogP contribution in [0.5, 0.6) is 5.75 Å². The van der Waals surface area contributed by atoms with E-state index in [4.69, 9.17) is 4.18 Å². The molecule has 2 aromatic carbocycles. The molecule has 22 heavy (non-hydrogen) atoms. The molecule has 118 valence electrons. The molecule has 0 saturated carbocycles. The van der Waals surface area contributed by atoms with Crippen LogP contribution in [0.15, 0.2) is 45.8 Å². The number of aryl methyl sites for hydroxylation is 2. The van der Waals surface area contributed by atoms with Gasteiger partial charge in [-0.25, -0.2) is 0 Å². The molecule has 0 aliphatic heterocycles. The molecular weight excluding hydrogens is 364 g/mol. The number of hydrogen-bond acceptors (Lipinski definition) is 3. The van der Waals surface area contributed by atoms with E-state index in [9.17, 15) is 8.42 Å². The minimum atomic E-state index is -3.85. The summed E-state index contributed by atoms with van der Waals surface area (Å²) >= 11 is 3.36. The molecule has 0 radical (unpaired) electrons. The van der Waals surface area contributed by atoms with Crippen LogP contribution >= 0.6 is 15.9 Å². The lowest BCUT2D eigenvalue weighted by Gasteiger charge is -2.12. The van der Waals surface area contributed by atoms with Crippen LogP contribution in [0, 0.1) is 13.8 Å². The van der Waals surface area contributed by atoms with Gasteiger partial charge in [-0.05, 0) is 54.7 Å². The van der Waals surface area contributed by atoms with Gasteiger partial charge in [0.15, 0.2) is 0 Å². The molecule has 3 nitrogen and oxygen atoms in total. The first-order valence-electron chi connectivity index (χ1n) is 7.02. The summed E-state index contributed by atoms with van der Waals surface area (Å²) in [5.74, 6) is 0.710. The highest BCUT2D eigenvalue weighted by Crippen LogP contribution is 2.27. The fourth-order valence-corrected chi connectivity index (χ4v) is 3.82. The van der Waals surface area contributed by atoms with Crippen LogP contribution in [0.1, 0.15) is 36.5 Å². The van der Waals surface area contributed by atoms with E-state index >= 15 is 0 Å². The van der Waals surface area contributed by atoms with Crippen molar-refractivity contribution in [3.05, 3.63) is 57.6 Å². The van der Waals surface area contributed by atoms with Gasteiger partial charge in [0.2, 0.25) is 0 Å². The lowest BCUT2D eigenvalue weighted by atomic mass is 10.0. The molecule has 5 heteroatoms. The van der Waals surface area contributed by atoms with Gasteiger partial charge in [-0.15, -0.1) is 0 Å². The second kappa shape index (κ2) is 6.42. The van der Waals surface area contributed by atoms with Crippen molar-refractivity contribution in [2.75, 3.05) is 0 Å². The molecule has 0 N–H and O–H groups in total. The summed E-state index contributed by atoms with van der Waals surface area (Å²) in [6.07, 6.45) is 0. The quantitative estimate of drug-likeness (QED) is 0.701. The van der Waals surface area contributed by atoms with Crippen molar-refractivity contribution in [3.63, 3.8) is 0 Å². The van der Waals surface area contributed by atoms with Crippen molar-refractivity contribution in [3.8, 4) is 5.75 Å². The fraction of sp³-hybridized carbons (Fsp3) is 0.294. The topological polar surface area (TPSA) is 43.4 Å². The predicted octanol–water partition coefficient (Wildman–Crippen LogP) is 4.96. The van der Waals surface area contributed by atoms with Gasteiger partial charge in [0.25, 0.3) is 0 Å². The van der Waals surface area contributed by atoms with Gasteiger partial charge in [-0.1, -0.05) is 48.0 Å². The Hall–Kier alpha value is -1.33. The van der Waals surface area contributed by atoms with E-state index in [0.717, 1.165) is 15.6 Å². The Bertz CT molecular complexity index is 778. The number of rotatable bonds is 4. The summed E-state index contributed by atoms with van der Waals surface area (Å²) in [7, 11) is -3.85. The summed E-state index contributed by atoms with van der Waals surface area (Å²) in [4.78, 5) is 0.179. The first-order chi connectivity index (χ1) is 10.2. The highest BCUT2D eigenvalue weighted by atomic mass is 79.9. The normalized spacial score (nSPS) is 11.7. The number of halogens is 1. The molecule has 0 bridgehead atoms. The Morgan fingerprint density at radius 1 is 1.00 bits per heavy atom. The molecule has 0 fully saturated rings. The maximum Gasteiger partial charge on any atom is 0.339 e. The van der Waals surface area contributed by atoms with Crippen molar-refractivity contribution < 1.29 is 12.6 Å². The molecule has 0 unspecified atom stereocenters. The van der Waals surface area contributed by atoms with E-state index in [0.29, 0.717) is 17.2 Å². The van der Waals surface area contributed by atoms with Crippen LogP contribution in [0.2, 0.25) is 0 Å². The van der Waals surface area contributed by atoms with Crippen LogP contribution in [0.25, 0.3) is 0 Å². The van der Waals surface area contributed by atoms with E-state index < -0.39 is 10.1 Å². The lowest BCUT2D eigenvalue weighted by molar-refractivity contribution is 0.485. The highest BCUT2D eigenvalue weighted by Gasteiger charge is 2.20. The van der Waals surface area contributed by atoms with Gasteiger partial charge in [0.1, 0.15) is 10.6 Å². The fourth-order valence-electron chi connectivity index (χ4n) is 2.16. The zero-order valence-corrected chi connectivity index (χ0v) is 15.5. The van der Waals surface area contributed by atoms with Crippen LogP contribution in [0.4, 0.5) is 0 Å². The van der Waals surface area contributed by atoms with Gasteiger partial charge in [0, 0.05) is 4.47 Å². The first kappa shape index (κ1) is 17.0. The number of benzene rings is 2.